The number of nitrogens with one attached hydrogen (secondary N) is 3. The zero-order valence-electron chi connectivity index (χ0n) is 20.9. The van der Waals surface area contributed by atoms with Crippen LogP contribution in [0.2, 0.25) is 5.02 Å². The van der Waals surface area contributed by atoms with Gasteiger partial charge in [0.05, 0.1) is 34.0 Å². The molecule has 4 rings (SSSR count). The fraction of sp³-hybridized carbons (Fsp3) is 0.0741. The summed E-state index contributed by atoms with van der Waals surface area (Å²) in [5.41, 5.74) is 0.953. The van der Waals surface area contributed by atoms with Crippen molar-refractivity contribution < 1.29 is 26.4 Å². The third-order valence-electron chi connectivity index (χ3n) is 5.59. The van der Waals surface area contributed by atoms with E-state index < -0.39 is 25.8 Å². The molecule has 0 heterocycles. The van der Waals surface area contributed by atoms with Crippen molar-refractivity contribution in [1.82, 2.24) is 0 Å². The summed E-state index contributed by atoms with van der Waals surface area (Å²) >= 11 is 9.38. The van der Waals surface area contributed by atoms with Gasteiger partial charge >= 0.3 is 0 Å². The number of amides is 1. The highest BCUT2D eigenvalue weighted by Crippen LogP contribution is 2.31. The first-order chi connectivity index (χ1) is 19.0. The van der Waals surface area contributed by atoms with Crippen LogP contribution >= 0.6 is 27.5 Å². The molecule has 4 aromatic carbocycles. The average Bonchev–Trinajstić information content (AvgIpc) is 2.94. The van der Waals surface area contributed by atoms with Crippen molar-refractivity contribution in [3.8, 4) is 5.75 Å². The summed E-state index contributed by atoms with van der Waals surface area (Å²) in [5.74, 6) is 0.0258. The second kappa shape index (κ2) is 12.3. The van der Waals surface area contributed by atoms with Crippen molar-refractivity contribution in [1.29, 1.82) is 0 Å². The minimum absolute atomic E-state index is 0.0149. The standard InChI is InChI=1S/C27H23BrClN3O6S2/c1-38-22-9-13-23(14-10-22)39(34,35)26-16-19(29)4-15-25(26)30-17-27(33)31-20-7-11-24(12-8-20)40(36,37)32-21-5-2-18(28)3-6-21/h2-16,30,32H,17H2,1H3,(H,31,33). The number of halogens is 2. The maximum absolute atomic E-state index is 13.3. The molecule has 0 fully saturated rings. The number of rotatable bonds is 10. The highest BCUT2D eigenvalue weighted by molar-refractivity contribution is 9.10. The molecule has 208 valence electrons. The molecule has 9 nitrogen and oxygen atoms in total. The molecule has 0 aliphatic heterocycles. The fourth-order valence-corrected chi connectivity index (χ4v) is 6.60. The topological polar surface area (TPSA) is 131 Å². The van der Waals surface area contributed by atoms with Gasteiger partial charge in [-0.3, -0.25) is 9.52 Å². The molecular weight excluding hydrogens is 642 g/mol. The molecule has 0 bridgehead atoms. The average molecular weight is 665 g/mol. The molecule has 13 heteroatoms. The zero-order valence-corrected chi connectivity index (χ0v) is 24.9. The van der Waals surface area contributed by atoms with Crippen LogP contribution in [0, 0.1) is 0 Å². The van der Waals surface area contributed by atoms with Gasteiger partial charge in [-0.1, -0.05) is 27.5 Å². The smallest absolute Gasteiger partial charge is 0.261 e. The number of methoxy groups -OCH3 is 1. The van der Waals surface area contributed by atoms with Gasteiger partial charge in [0.2, 0.25) is 15.7 Å². The van der Waals surface area contributed by atoms with E-state index in [-0.39, 0.29) is 31.9 Å². The van der Waals surface area contributed by atoms with E-state index in [0.717, 1.165) is 4.47 Å². The number of ether oxygens (including phenoxy) is 1. The predicted molar refractivity (Wildman–Crippen MR) is 158 cm³/mol. The first kappa shape index (κ1) is 29.4. The lowest BCUT2D eigenvalue weighted by Crippen LogP contribution is -2.22. The number of carbonyl (C=O) groups is 1. The lowest BCUT2D eigenvalue weighted by Gasteiger charge is -2.14. The van der Waals surface area contributed by atoms with Gasteiger partial charge in [0, 0.05) is 20.9 Å². The quantitative estimate of drug-likeness (QED) is 0.196. The van der Waals surface area contributed by atoms with E-state index in [1.807, 2.05) is 0 Å². The summed E-state index contributed by atoms with van der Waals surface area (Å²) in [6.45, 7) is -0.266. The molecule has 1 amide bonds. The van der Waals surface area contributed by atoms with Crippen molar-refractivity contribution in [2.75, 3.05) is 29.0 Å². The zero-order chi connectivity index (χ0) is 28.9. The van der Waals surface area contributed by atoms with Gasteiger partial charge < -0.3 is 15.4 Å². The minimum atomic E-state index is -3.97. The monoisotopic (exact) mass is 663 g/mol. The number of carbonyl (C=O) groups excluding carboxylic acids is 1. The SMILES string of the molecule is COc1ccc(S(=O)(=O)c2cc(Cl)ccc2NCC(=O)Nc2ccc(S(=O)(=O)Nc3ccc(Br)cc3)cc2)cc1. The highest BCUT2D eigenvalue weighted by Gasteiger charge is 2.22. The van der Waals surface area contributed by atoms with Gasteiger partial charge in [-0.25, -0.2) is 16.8 Å². The van der Waals surface area contributed by atoms with Crippen LogP contribution < -0.4 is 20.1 Å². The largest absolute Gasteiger partial charge is 0.497 e. The van der Waals surface area contributed by atoms with Gasteiger partial charge in [0.15, 0.2) is 0 Å². The molecule has 40 heavy (non-hydrogen) atoms. The first-order valence-electron chi connectivity index (χ1n) is 11.6. The number of hydrogen-bond donors (Lipinski definition) is 3. The second-order valence-corrected chi connectivity index (χ2v) is 13.3. The van der Waals surface area contributed by atoms with Crippen molar-refractivity contribution in [2.24, 2.45) is 0 Å². The van der Waals surface area contributed by atoms with Crippen LogP contribution in [0.3, 0.4) is 0 Å². The second-order valence-electron chi connectivity index (χ2n) is 8.36. The van der Waals surface area contributed by atoms with E-state index in [4.69, 9.17) is 16.3 Å². The van der Waals surface area contributed by atoms with Crippen LogP contribution in [0.25, 0.3) is 0 Å². The van der Waals surface area contributed by atoms with E-state index in [9.17, 15) is 21.6 Å². The minimum Gasteiger partial charge on any atom is -0.497 e. The maximum Gasteiger partial charge on any atom is 0.261 e. The van der Waals surface area contributed by atoms with Gasteiger partial charge in [-0.2, -0.15) is 0 Å². The van der Waals surface area contributed by atoms with E-state index in [2.05, 4.69) is 31.3 Å². The van der Waals surface area contributed by atoms with Gasteiger partial charge in [-0.05, 0) is 91.0 Å². The number of sulfonamides is 1. The number of hydrogen-bond acceptors (Lipinski definition) is 7. The van der Waals surface area contributed by atoms with Crippen LogP contribution in [-0.4, -0.2) is 36.4 Å². The van der Waals surface area contributed by atoms with Crippen LogP contribution in [0.4, 0.5) is 17.1 Å². The Bertz CT molecular complexity index is 1730. The van der Waals surface area contributed by atoms with Gasteiger partial charge in [0.1, 0.15) is 5.75 Å². The van der Waals surface area contributed by atoms with E-state index in [1.165, 1.54) is 73.8 Å². The maximum atomic E-state index is 13.3. The normalized spacial score (nSPS) is 11.5. The summed E-state index contributed by atoms with van der Waals surface area (Å²) in [5, 5.41) is 5.71. The Morgan fingerprint density at radius 3 is 2.05 bits per heavy atom. The summed E-state index contributed by atoms with van der Waals surface area (Å²) in [6.07, 6.45) is 0. The molecule has 0 aromatic heterocycles. The Hall–Kier alpha value is -3.58. The van der Waals surface area contributed by atoms with Gasteiger partial charge in [-0.15, -0.1) is 0 Å². The Morgan fingerprint density at radius 1 is 0.825 bits per heavy atom. The lowest BCUT2D eigenvalue weighted by molar-refractivity contribution is -0.114. The molecule has 0 spiro atoms. The highest BCUT2D eigenvalue weighted by atomic mass is 79.9. The molecule has 0 radical (unpaired) electrons. The molecule has 4 aromatic rings. The summed E-state index contributed by atoms with van der Waals surface area (Å²) < 4.78 is 60.3. The number of sulfone groups is 1. The molecule has 0 aliphatic rings. The van der Waals surface area contributed by atoms with E-state index >= 15 is 0 Å². The molecule has 0 saturated heterocycles. The van der Waals surface area contributed by atoms with E-state index in [1.54, 1.807) is 24.3 Å². The van der Waals surface area contributed by atoms with Crippen molar-refractivity contribution in [3.63, 3.8) is 0 Å². The van der Waals surface area contributed by atoms with Crippen molar-refractivity contribution in [2.45, 2.75) is 14.7 Å². The summed E-state index contributed by atoms with van der Waals surface area (Å²) in [6, 6.07) is 22.5. The van der Waals surface area contributed by atoms with E-state index in [0.29, 0.717) is 17.1 Å². The summed E-state index contributed by atoms with van der Waals surface area (Å²) in [4.78, 5) is 12.6. The summed E-state index contributed by atoms with van der Waals surface area (Å²) in [7, 11) is -6.32. The van der Waals surface area contributed by atoms with Crippen LogP contribution in [0.15, 0.2) is 110 Å². The molecule has 3 N–H and O–H groups in total. The van der Waals surface area contributed by atoms with Crippen molar-refractivity contribution >= 4 is 70.4 Å². The third kappa shape index (κ3) is 7.13. The third-order valence-corrected chi connectivity index (χ3v) is 9.56. The molecule has 0 atom stereocenters. The molecule has 0 aliphatic carbocycles. The van der Waals surface area contributed by atoms with Crippen LogP contribution in [-0.2, 0) is 24.7 Å². The molecular formula is C27H23BrClN3O6S2. The Morgan fingerprint density at radius 2 is 1.43 bits per heavy atom. The fourth-order valence-electron chi connectivity index (χ4n) is 3.58. The van der Waals surface area contributed by atoms with Crippen LogP contribution in [0.5, 0.6) is 5.75 Å². The lowest BCUT2D eigenvalue weighted by atomic mass is 10.3. The number of benzene rings is 4. The Kier molecular flexibility index (Phi) is 9.04. The molecule has 0 unspecified atom stereocenters. The Labute approximate surface area is 245 Å². The van der Waals surface area contributed by atoms with Crippen LogP contribution in [0.1, 0.15) is 0 Å². The molecule has 0 saturated carbocycles. The predicted octanol–water partition coefficient (Wildman–Crippen LogP) is 5.80. The number of anilines is 3. The first-order valence-corrected chi connectivity index (χ1v) is 15.7. The van der Waals surface area contributed by atoms with Crippen molar-refractivity contribution in [3.05, 3.63) is 100 Å². The van der Waals surface area contributed by atoms with Gasteiger partial charge in [0.25, 0.3) is 10.0 Å². The Balaban J connectivity index is 1.43.